The van der Waals surface area contributed by atoms with Gasteiger partial charge < -0.3 is 4.74 Å². The minimum atomic E-state index is -0.681. The Balaban J connectivity index is 1.97. The van der Waals surface area contributed by atoms with Crippen molar-refractivity contribution in [2.45, 2.75) is 0 Å². The molecule has 1 nitrogen and oxygen atoms in total. The molecule has 0 aromatic carbocycles. The molecule has 0 radical (unpaired) electrons. The van der Waals surface area contributed by atoms with Crippen LogP contribution in [0.5, 0.6) is 0 Å². The van der Waals surface area contributed by atoms with E-state index in [0.29, 0.717) is 0 Å². The Hall–Kier alpha value is -0.110. The van der Waals surface area contributed by atoms with Crippen LogP contribution in [0.4, 0.5) is 4.39 Å². The van der Waals surface area contributed by atoms with E-state index in [1.165, 1.54) is 7.11 Å². The zero-order valence-corrected chi connectivity index (χ0v) is 2.49. The molecular weight excluding hydrogens is 59.0 g/mol. The van der Waals surface area contributed by atoms with Crippen molar-refractivity contribution in [1.82, 2.24) is 0 Å². The molecule has 0 atom stereocenters. The van der Waals surface area contributed by atoms with Crippen LogP contribution in [0.3, 0.4) is 0 Å². The smallest absolute Gasteiger partial charge is 0.187 e. The van der Waals surface area contributed by atoms with E-state index in [9.17, 15) is 4.39 Å². The highest BCUT2D eigenvalue weighted by Crippen LogP contribution is 1.58. The number of halogens is 1. The Morgan fingerprint density at radius 3 is 2.25 bits per heavy atom. The molecule has 4 heavy (non-hydrogen) atoms. The van der Waals surface area contributed by atoms with Crippen molar-refractivity contribution in [3.05, 3.63) is 0 Å². The predicted octanol–water partition coefficient (Wildman–Crippen LogP) is 0.560. The number of rotatable bonds is 1. The van der Waals surface area contributed by atoms with Crippen LogP contribution in [0.2, 0.25) is 0 Å². The van der Waals surface area contributed by atoms with Gasteiger partial charge in [-0.1, -0.05) is 0 Å². The molecule has 0 rings (SSSR count). The van der Waals surface area contributed by atoms with Gasteiger partial charge in [-0.05, 0) is 0 Å². The molecule has 0 amide bonds. The lowest BCUT2D eigenvalue weighted by Crippen LogP contribution is -1.70. The number of hydrogen-bond acceptors (Lipinski definition) is 1. The minimum absolute atomic E-state index is 0.681. The van der Waals surface area contributed by atoms with Gasteiger partial charge in [0.05, 0.1) is 0 Å². The summed E-state index contributed by atoms with van der Waals surface area (Å²) in [6, 6.07) is 0. The summed E-state index contributed by atoms with van der Waals surface area (Å²) in [4.78, 5) is 0. The highest BCUT2D eigenvalue weighted by atomic mass is 19.1. The maximum atomic E-state index is 10.5. The second-order valence-corrected chi connectivity index (χ2v) is 0.398. The molecule has 0 unspecified atom stereocenters. The molecule has 0 aromatic heterocycles. The fourth-order valence-corrected chi connectivity index (χ4v) is 0. The van der Waals surface area contributed by atoms with E-state index in [-0.39, 0.29) is 0 Å². The Bertz CT molecular complexity index is 8.00. The van der Waals surface area contributed by atoms with Crippen molar-refractivity contribution in [3.63, 3.8) is 0 Å². The molecule has 0 saturated heterocycles. The van der Waals surface area contributed by atoms with E-state index in [2.05, 4.69) is 4.74 Å². The van der Waals surface area contributed by atoms with Gasteiger partial charge in [-0.25, -0.2) is 4.39 Å². The van der Waals surface area contributed by atoms with Gasteiger partial charge in [0.25, 0.3) is 0 Å². The first-order valence-electron chi connectivity index (χ1n) is 0.964. The first-order chi connectivity index (χ1) is 1.91. The lowest BCUT2D eigenvalue weighted by Gasteiger charge is -1.72. The van der Waals surface area contributed by atoms with Gasteiger partial charge in [0.1, 0.15) is 0 Å². The normalized spacial score (nSPS) is 7.50. The number of methoxy groups -OCH3 is 1. The van der Waals surface area contributed by atoms with Crippen LogP contribution >= 0.6 is 0 Å². The maximum absolute atomic E-state index is 10.5. The van der Waals surface area contributed by atoms with Crippen LogP contribution in [0.15, 0.2) is 0 Å². The zero-order chi connectivity index (χ0) is 3.41. The fourth-order valence-electron chi connectivity index (χ4n) is 0. The average molecular weight is 64.1 g/mol. The van der Waals surface area contributed by atoms with Gasteiger partial charge in [0.2, 0.25) is 0 Å². The summed E-state index contributed by atoms with van der Waals surface area (Å²) >= 11 is 0. The van der Waals surface area contributed by atoms with E-state index in [1.807, 2.05) is 0 Å². The molecular formula is C2H5FO. The Kier molecular flexibility index (Phi) is 2.81. The molecule has 0 fully saturated rings. The fraction of sp³-hybridized carbons (Fsp3) is 1.00. The third-order valence-corrected chi connectivity index (χ3v) is 0.109. The highest BCUT2D eigenvalue weighted by Gasteiger charge is 1.55. The SMILES string of the molecule is COCF. The van der Waals surface area contributed by atoms with E-state index < -0.39 is 6.86 Å². The Morgan fingerprint density at radius 2 is 2.25 bits per heavy atom. The van der Waals surface area contributed by atoms with Gasteiger partial charge in [0.15, 0.2) is 6.86 Å². The van der Waals surface area contributed by atoms with Crippen LogP contribution in [-0.2, 0) is 4.74 Å². The highest BCUT2D eigenvalue weighted by molar-refractivity contribution is 3.74. The molecule has 0 spiro atoms. The summed E-state index contributed by atoms with van der Waals surface area (Å²) in [5.41, 5.74) is 0. The van der Waals surface area contributed by atoms with Gasteiger partial charge >= 0.3 is 0 Å². The van der Waals surface area contributed by atoms with Gasteiger partial charge in [-0.3, -0.25) is 0 Å². The quantitative estimate of drug-likeness (QED) is 0.433. The van der Waals surface area contributed by atoms with Crippen LogP contribution in [-0.4, -0.2) is 14.0 Å². The van der Waals surface area contributed by atoms with Gasteiger partial charge in [-0.15, -0.1) is 0 Å². The molecule has 0 aliphatic heterocycles. The molecule has 2 heteroatoms. The Morgan fingerprint density at radius 1 is 2.00 bits per heavy atom. The number of ether oxygens (including phenoxy) is 1. The van der Waals surface area contributed by atoms with Crippen molar-refractivity contribution >= 4 is 0 Å². The number of hydrogen-bond donors (Lipinski definition) is 0. The molecule has 0 N–H and O–H groups in total. The van der Waals surface area contributed by atoms with Crippen molar-refractivity contribution in [2.24, 2.45) is 0 Å². The molecule has 0 aliphatic rings. The Labute approximate surface area is 24.4 Å². The second-order valence-electron chi connectivity index (χ2n) is 0.398. The summed E-state index contributed by atoms with van der Waals surface area (Å²) in [6.07, 6.45) is 0. The van der Waals surface area contributed by atoms with Crippen LogP contribution in [0, 0.1) is 0 Å². The molecule has 0 saturated carbocycles. The molecule has 0 bridgehead atoms. The summed E-state index contributed by atoms with van der Waals surface area (Å²) in [7, 11) is 1.31. The van der Waals surface area contributed by atoms with Crippen molar-refractivity contribution in [3.8, 4) is 0 Å². The van der Waals surface area contributed by atoms with Crippen molar-refractivity contribution in [1.29, 1.82) is 0 Å². The largest absolute Gasteiger partial charge is 0.354 e. The standard InChI is InChI=1S/C2H5FO/c1-4-2-3/h2H2,1H3. The van der Waals surface area contributed by atoms with Crippen molar-refractivity contribution < 1.29 is 9.13 Å². The monoisotopic (exact) mass is 64.0 g/mol. The molecule has 0 heterocycles. The molecule has 0 aliphatic carbocycles. The van der Waals surface area contributed by atoms with Crippen LogP contribution in [0.1, 0.15) is 0 Å². The summed E-state index contributed by atoms with van der Waals surface area (Å²) in [6.45, 7) is -0.681. The summed E-state index contributed by atoms with van der Waals surface area (Å²) in [5.74, 6) is 0. The maximum Gasteiger partial charge on any atom is 0.187 e. The minimum Gasteiger partial charge on any atom is -0.354 e. The van der Waals surface area contributed by atoms with Crippen LogP contribution < -0.4 is 0 Å². The number of alkyl halides is 1. The zero-order valence-electron chi connectivity index (χ0n) is 2.49. The van der Waals surface area contributed by atoms with E-state index in [0.717, 1.165) is 0 Å². The first kappa shape index (κ1) is 3.89. The second kappa shape index (κ2) is 2.89. The average Bonchev–Trinajstić information content (AvgIpc) is 1.37. The van der Waals surface area contributed by atoms with Crippen molar-refractivity contribution in [2.75, 3.05) is 14.0 Å². The predicted molar refractivity (Wildman–Crippen MR) is 13.0 cm³/mol. The first-order valence-corrected chi connectivity index (χ1v) is 0.964. The molecule has 26 valence electrons. The van der Waals surface area contributed by atoms with Crippen LogP contribution in [0.25, 0.3) is 0 Å². The molecule has 0 aromatic rings. The van der Waals surface area contributed by atoms with E-state index >= 15 is 0 Å². The summed E-state index contributed by atoms with van der Waals surface area (Å²) < 4.78 is 14.4. The van der Waals surface area contributed by atoms with Gasteiger partial charge in [-0.2, -0.15) is 0 Å². The third kappa shape index (κ3) is 1.89. The van der Waals surface area contributed by atoms with E-state index in [1.54, 1.807) is 0 Å². The van der Waals surface area contributed by atoms with Gasteiger partial charge in [0, 0.05) is 7.11 Å². The summed E-state index contributed by atoms with van der Waals surface area (Å²) in [5, 5.41) is 0. The van der Waals surface area contributed by atoms with E-state index in [4.69, 9.17) is 0 Å². The lowest BCUT2D eigenvalue weighted by molar-refractivity contribution is 0.104. The topological polar surface area (TPSA) is 9.23 Å². The third-order valence-electron chi connectivity index (χ3n) is 0.109. The lowest BCUT2D eigenvalue weighted by atomic mass is 11.5.